The molecule has 2 heterocycles. The Balaban J connectivity index is 1.66. The van der Waals surface area contributed by atoms with Gasteiger partial charge < -0.3 is 8.83 Å². The van der Waals surface area contributed by atoms with Gasteiger partial charge in [0.15, 0.2) is 0 Å². The van der Waals surface area contributed by atoms with Crippen LogP contribution >= 0.6 is 0 Å². The molecule has 130 valence electrons. The molecule has 0 unspecified atom stereocenters. The lowest BCUT2D eigenvalue weighted by atomic mass is 9.99. The molecular formula is C26H14O2. The van der Waals surface area contributed by atoms with Crippen LogP contribution in [0.1, 0.15) is 0 Å². The summed E-state index contributed by atoms with van der Waals surface area (Å²) in [5, 5.41) is 9.23. The smallest absolute Gasteiger partial charge is 0.143 e. The van der Waals surface area contributed by atoms with Crippen LogP contribution in [0.15, 0.2) is 93.8 Å². The van der Waals surface area contributed by atoms with Gasteiger partial charge in [-0.3, -0.25) is 0 Å². The summed E-state index contributed by atoms with van der Waals surface area (Å²) in [7, 11) is 0. The normalized spacial score (nSPS) is 12.3. The van der Waals surface area contributed by atoms with Crippen molar-refractivity contribution in [3.8, 4) is 0 Å². The highest BCUT2D eigenvalue weighted by atomic mass is 16.3. The quantitative estimate of drug-likeness (QED) is 0.259. The summed E-state index contributed by atoms with van der Waals surface area (Å²) >= 11 is 0. The molecule has 0 saturated carbocycles. The molecule has 0 radical (unpaired) electrons. The molecule has 0 fully saturated rings. The van der Waals surface area contributed by atoms with Gasteiger partial charge in [0, 0.05) is 32.3 Å². The summed E-state index contributed by atoms with van der Waals surface area (Å²) < 4.78 is 12.5. The Morgan fingerprint density at radius 1 is 0.393 bits per heavy atom. The molecule has 2 nitrogen and oxygen atoms in total. The van der Waals surface area contributed by atoms with Crippen LogP contribution in [0.4, 0.5) is 0 Å². The summed E-state index contributed by atoms with van der Waals surface area (Å²) in [4.78, 5) is 0. The molecule has 0 bridgehead atoms. The van der Waals surface area contributed by atoms with E-state index in [4.69, 9.17) is 8.83 Å². The van der Waals surface area contributed by atoms with Gasteiger partial charge in [0.1, 0.15) is 22.3 Å². The van der Waals surface area contributed by atoms with E-state index < -0.39 is 0 Å². The summed E-state index contributed by atoms with van der Waals surface area (Å²) in [5.41, 5.74) is 3.76. The zero-order chi connectivity index (χ0) is 18.2. The molecule has 28 heavy (non-hydrogen) atoms. The van der Waals surface area contributed by atoms with E-state index in [-0.39, 0.29) is 0 Å². The van der Waals surface area contributed by atoms with Gasteiger partial charge in [-0.15, -0.1) is 0 Å². The number of benzene rings is 5. The lowest BCUT2D eigenvalue weighted by Crippen LogP contribution is -1.78. The van der Waals surface area contributed by atoms with Crippen molar-refractivity contribution in [2.75, 3.05) is 0 Å². The minimum Gasteiger partial charge on any atom is -0.455 e. The number of rotatable bonds is 0. The van der Waals surface area contributed by atoms with Crippen molar-refractivity contribution < 1.29 is 8.83 Å². The van der Waals surface area contributed by atoms with Crippen LogP contribution in [0, 0.1) is 0 Å². The summed E-state index contributed by atoms with van der Waals surface area (Å²) in [6.45, 7) is 0. The molecule has 2 aromatic heterocycles. The maximum Gasteiger partial charge on any atom is 0.143 e. The Labute approximate surface area is 159 Å². The van der Waals surface area contributed by atoms with Gasteiger partial charge in [0.25, 0.3) is 0 Å². The average molecular weight is 358 g/mol. The molecule has 5 aromatic carbocycles. The average Bonchev–Trinajstić information content (AvgIpc) is 3.31. The first-order chi connectivity index (χ1) is 13.9. The maximum absolute atomic E-state index is 6.23. The third-order valence-electron chi connectivity index (χ3n) is 5.84. The Kier molecular flexibility index (Phi) is 2.52. The second-order valence-corrected chi connectivity index (χ2v) is 7.38. The van der Waals surface area contributed by atoms with E-state index >= 15 is 0 Å². The predicted octanol–water partition coefficient (Wildman–Crippen LogP) is 7.79. The van der Waals surface area contributed by atoms with Crippen molar-refractivity contribution in [2.45, 2.75) is 0 Å². The summed E-state index contributed by atoms with van der Waals surface area (Å²) in [5.74, 6) is 0. The maximum atomic E-state index is 6.23. The standard InChI is InChI=1S/C26H14O2/c1-3-7-23-17(5-1)19-11-9-15-14-22-16(13-21(15)25(19)27-23)10-12-20-18-6-2-4-8-24(18)28-26(20)22/h1-14H. The number of para-hydroxylation sites is 2. The number of furan rings is 2. The molecule has 2 heteroatoms. The molecule has 0 aliphatic heterocycles. The summed E-state index contributed by atoms with van der Waals surface area (Å²) in [6, 6.07) is 29.6. The van der Waals surface area contributed by atoms with Crippen molar-refractivity contribution in [3.63, 3.8) is 0 Å². The largest absolute Gasteiger partial charge is 0.455 e. The molecular weight excluding hydrogens is 344 g/mol. The first-order valence-electron chi connectivity index (χ1n) is 9.45. The van der Waals surface area contributed by atoms with Crippen molar-refractivity contribution in [2.24, 2.45) is 0 Å². The highest BCUT2D eigenvalue weighted by Gasteiger charge is 2.14. The van der Waals surface area contributed by atoms with Crippen LogP contribution < -0.4 is 0 Å². The molecule has 0 atom stereocenters. The van der Waals surface area contributed by atoms with Crippen molar-refractivity contribution >= 4 is 65.4 Å². The number of fused-ring (bicyclic) bond motifs is 10. The molecule has 0 spiro atoms. The van der Waals surface area contributed by atoms with E-state index in [1.807, 2.05) is 24.3 Å². The van der Waals surface area contributed by atoms with Crippen molar-refractivity contribution in [1.82, 2.24) is 0 Å². The lowest BCUT2D eigenvalue weighted by Gasteiger charge is -2.04. The van der Waals surface area contributed by atoms with Gasteiger partial charge in [-0.2, -0.15) is 0 Å². The highest BCUT2D eigenvalue weighted by Crippen LogP contribution is 2.39. The van der Waals surface area contributed by atoms with Crippen LogP contribution in [0.3, 0.4) is 0 Å². The Bertz CT molecular complexity index is 1580. The fourth-order valence-electron chi connectivity index (χ4n) is 4.51. The second-order valence-electron chi connectivity index (χ2n) is 7.38. The van der Waals surface area contributed by atoms with Crippen LogP contribution in [0.25, 0.3) is 65.4 Å². The number of hydrogen-bond acceptors (Lipinski definition) is 2. The van der Waals surface area contributed by atoms with Gasteiger partial charge in [-0.25, -0.2) is 0 Å². The lowest BCUT2D eigenvalue weighted by molar-refractivity contribution is 0.672. The van der Waals surface area contributed by atoms with Gasteiger partial charge in [0.05, 0.1) is 0 Å². The van der Waals surface area contributed by atoms with E-state index in [1.54, 1.807) is 0 Å². The molecule has 0 saturated heterocycles. The van der Waals surface area contributed by atoms with Gasteiger partial charge in [0.2, 0.25) is 0 Å². The molecule has 7 rings (SSSR count). The minimum atomic E-state index is 0.929. The fraction of sp³-hybridized carbons (Fsp3) is 0. The van der Waals surface area contributed by atoms with Crippen LogP contribution in [-0.4, -0.2) is 0 Å². The minimum absolute atomic E-state index is 0.929. The van der Waals surface area contributed by atoms with Crippen molar-refractivity contribution in [1.29, 1.82) is 0 Å². The number of hydrogen-bond donors (Lipinski definition) is 0. The molecule has 0 aliphatic carbocycles. The Morgan fingerprint density at radius 2 is 0.857 bits per heavy atom. The van der Waals surface area contributed by atoms with Gasteiger partial charge >= 0.3 is 0 Å². The van der Waals surface area contributed by atoms with Crippen molar-refractivity contribution in [3.05, 3.63) is 84.9 Å². The van der Waals surface area contributed by atoms with Crippen LogP contribution in [-0.2, 0) is 0 Å². The first kappa shape index (κ1) is 14.3. The SMILES string of the molecule is c1ccc2c(c1)oc1c3cc4ccc5c6ccccc6oc5c4cc3ccc21. The van der Waals surface area contributed by atoms with E-state index in [1.165, 1.54) is 0 Å². The molecule has 0 N–H and O–H groups in total. The fourth-order valence-corrected chi connectivity index (χ4v) is 4.51. The Hall–Kier alpha value is -3.78. The van der Waals surface area contributed by atoms with E-state index in [2.05, 4.69) is 60.7 Å². The first-order valence-corrected chi connectivity index (χ1v) is 9.45. The zero-order valence-electron chi connectivity index (χ0n) is 14.9. The topological polar surface area (TPSA) is 26.3 Å². The van der Waals surface area contributed by atoms with E-state index in [0.29, 0.717) is 0 Å². The highest BCUT2D eigenvalue weighted by molar-refractivity contribution is 6.21. The van der Waals surface area contributed by atoms with Crippen LogP contribution in [0.2, 0.25) is 0 Å². The van der Waals surface area contributed by atoms with Crippen LogP contribution in [0.5, 0.6) is 0 Å². The second kappa shape index (κ2) is 4.93. The molecule has 0 amide bonds. The Morgan fingerprint density at radius 3 is 1.36 bits per heavy atom. The van der Waals surface area contributed by atoms with Gasteiger partial charge in [-0.1, -0.05) is 48.5 Å². The third-order valence-corrected chi connectivity index (χ3v) is 5.84. The molecule has 0 aliphatic rings. The van der Waals surface area contributed by atoms with Gasteiger partial charge in [-0.05, 0) is 47.2 Å². The third kappa shape index (κ3) is 1.72. The summed E-state index contributed by atoms with van der Waals surface area (Å²) in [6.07, 6.45) is 0. The van der Waals surface area contributed by atoms with E-state index in [9.17, 15) is 0 Å². The monoisotopic (exact) mass is 358 g/mol. The van der Waals surface area contributed by atoms with E-state index in [0.717, 1.165) is 65.4 Å². The molecule has 7 aromatic rings. The predicted molar refractivity (Wildman–Crippen MR) is 116 cm³/mol. The zero-order valence-corrected chi connectivity index (χ0v) is 14.9.